The molecule has 5 aromatic rings. The molecule has 0 atom stereocenters. The molecule has 266 valence electrons. The zero-order valence-corrected chi connectivity index (χ0v) is 27.8. The zero-order chi connectivity index (χ0) is 36.3. The number of benzene rings is 3. The van der Waals surface area contributed by atoms with Crippen LogP contribution in [-0.4, -0.2) is 70.4 Å². The Balaban J connectivity index is 1.04. The van der Waals surface area contributed by atoms with Crippen LogP contribution in [0.2, 0.25) is 5.02 Å². The lowest BCUT2D eigenvalue weighted by molar-refractivity contribution is -0.137. The van der Waals surface area contributed by atoms with E-state index in [1.54, 1.807) is 24.3 Å². The summed E-state index contributed by atoms with van der Waals surface area (Å²) in [5.41, 5.74) is 1.52. The first-order chi connectivity index (χ1) is 24.3. The molecule has 2 aromatic heterocycles. The van der Waals surface area contributed by atoms with Crippen LogP contribution in [0.15, 0.2) is 85.1 Å². The summed E-state index contributed by atoms with van der Waals surface area (Å²) >= 11 is 5.93. The number of ether oxygens (including phenoxy) is 2. The molecule has 15 heteroatoms. The Kier molecular flexibility index (Phi) is 10.4. The number of nitrogens with zero attached hydrogens (tertiary/aromatic N) is 4. The Morgan fingerprint density at radius 3 is 2.29 bits per heavy atom. The Hall–Kier alpha value is -5.21. The fourth-order valence-corrected chi connectivity index (χ4v) is 5.93. The number of amides is 2. The number of hydrogen-bond donors (Lipinski definition) is 1. The van der Waals surface area contributed by atoms with Gasteiger partial charge in [0.05, 0.1) is 33.6 Å². The van der Waals surface area contributed by atoms with Gasteiger partial charge in [0.1, 0.15) is 23.8 Å². The second-order valence-electron chi connectivity index (χ2n) is 11.9. The van der Waals surface area contributed by atoms with Crippen LogP contribution in [0.25, 0.3) is 10.9 Å². The molecule has 0 unspecified atom stereocenters. The first-order valence-electron chi connectivity index (χ1n) is 15.8. The van der Waals surface area contributed by atoms with Crippen molar-refractivity contribution in [3.8, 4) is 17.4 Å². The molecule has 1 aliphatic heterocycles. The van der Waals surface area contributed by atoms with E-state index in [1.165, 1.54) is 18.3 Å². The number of aromatic nitrogens is 2. The number of nitrogens with one attached hydrogen (secondary N) is 1. The number of carbonyl (C=O) groups excluding carboxylic acids is 2. The summed E-state index contributed by atoms with van der Waals surface area (Å²) in [6.07, 6.45) is -5.77. The van der Waals surface area contributed by atoms with Crippen molar-refractivity contribution in [3.05, 3.63) is 112 Å². The Labute approximate surface area is 294 Å². The van der Waals surface area contributed by atoms with Gasteiger partial charge >= 0.3 is 6.18 Å². The molecule has 0 bridgehead atoms. The van der Waals surface area contributed by atoms with E-state index in [2.05, 4.69) is 15.2 Å². The predicted octanol–water partition coefficient (Wildman–Crippen LogP) is 7.89. The molecule has 2 amide bonds. The molecular weight excluding hydrogens is 697 g/mol. The van der Waals surface area contributed by atoms with Gasteiger partial charge in [-0.3, -0.25) is 14.5 Å². The highest BCUT2D eigenvalue weighted by atomic mass is 35.5. The number of anilines is 1. The first kappa shape index (κ1) is 35.6. The van der Waals surface area contributed by atoms with Crippen LogP contribution in [0.4, 0.5) is 27.6 Å². The van der Waals surface area contributed by atoms with Gasteiger partial charge in [-0.25, -0.2) is 13.8 Å². The van der Waals surface area contributed by atoms with Crippen molar-refractivity contribution in [1.82, 2.24) is 19.4 Å². The normalized spacial score (nSPS) is 13.8. The van der Waals surface area contributed by atoms with Gasteiger partial charge in [-0.2, -0.15) is 13.2 Å². The number of fused-ring (bicyclic) bond motifs is 1. The molecule has 0 aliphatic carbocycles. The van der Waals surface area contributed by atoms with Crippen molar-refractivity contribution >= 4 is 40.0 Å². The minimum Gasteiger partial charge on any atom is -0.488 e. The molecule has 9 nitrogen and oxygen atoms in total. The Morgan fingerprint density at radius 2 is 1.65 bits per heavy atom. The summed E-state index contributed by atoms with van der Waals surface area (Å²) in [5, 5.41) is 3.07. The highest BCUT2D eigenvalue weighted by Gasteiger charge is 2.31. The summed E-state index contributed by atoms with van der Waals surface area (Å²) in [6, 6.07) is 19.8. The molecule has 3 aromatic carbocycles. The largest absolute Gasteiger partial charge is 0.488 e. The van der Waals surface area contributed by atoms with Gasteiger partial charge in [0.2, 0.25) is 5.88 Å². The average Bonchev–Trinajstić information content (AvgIpc) is 3.43. The van der Waals surface area contributed by atoms with Gasteiger partial charge in [-0.15, -0.1) is 0 Å². The van der Waals surface area contributed by atoms with Crippen LogP contribution < -0.4 is 14.8 Å². The maximum absolute atomic E-state index is 13.5. The quantitative estimate of drug-likeness (QED) is 0.147. The number of rotatable bonds is 10. The molecule has 0 radical (unpaired) electrons. The van der Waals surface area contributed by atoms with Crippen molar-refractivity contribution in [2.24, 2.45) is 7.05 Å². The molecule has 6 rings (SSSR count). The number of hydrogen-bond acceptors (Lipinski definition) is 6. The summed E-state index contributed by atoms with van der Waals surface area (Å²) in [6.45, 7) is 2.46. The number of carbonyl (C=O) groups is 2. The second kappa shape index (κ2) is 15.0. The molecule has 1 N–H and O–H groups in total. The molecule has 3 heterocycles. The minimum absolute atomic E-state index is 0.0896. The lowest BCUT2D eigenvalue weighted by atomic mass is 10.1. The Bertz CT molecular complexity index is 2030. The number of alkyl halides is 5. The molecule has 0 spiro atoms. The van der Waals surface area contributed by atoms with E-state index in [9.17, 15) is 31.5 Å². The number of aryl methyl sites for hydroxylation is 1. The highest BCUT2D eigenvalue weighted by Crippen LogP contribution is 2.33. The van der Waals surface area contributed by atoms with E-state index >= 15 is 0 Å². The SMILES string of the molecule is Cn1c(C(=O)N2CCN(Cc3ccc(OCC(F)F)cc3)CC2)cc2ccc(Oc3ccc(NC(=O)c4ccc(C(F)(F)F)cc4Cl)cn3)cc21. The summed E-state index contributed by atoms with van der Waals surface area (Å²) in [7, 11) is 1.81. The fourth-order valence-electron chi connectivity index (χ4n) is 5.67. The zero-order valence-electron chi connectivity index (χ0n) is 27.1. The van der Waals surface area contributed by atoms with E-state index in [4.69, 9.17) is 21.1 Å². The summed E-state index contributed by atoms with van der Waals surface area (Å²) < 4.78 is 76.3. The molecular formula is C36H31ClF5N5O4. The van der Waals surface area contributed by atoms with Gasteiger partial charge in [-0.05, 0) is 60.2 Å². The van der Waals surface area contributed by atoms with Crippen molar-refractivity contribution < 1.29 is 41.0 Å². The topological polar surface area (TPSA) is 88.9 Å². The van der Waals surface area contributed by atoms with Crippen LogP contribution in [0.1, 0.15) is 32.0 Å². The van der Waals surface area contributed by atoms with Crippen molar-refractivity contribution in [3.63, 3.8) is 0 Å². The number of piperazine rings is 1. The molecule has 1 fully saturated rings. The lowest BCUT2D eigenvalue weighted by Crippen LogP contribution is -2.48. The van der Waals surface area contributed by atoms with Crippen LogP contribution in [-0.2, 0) is 19.8 Å². The van der Waals surface area contributed by atoms with Crippen LogP contribution >= 0.6 is 11.6 Å². The highest BCUT2D eigenvalue weighted by molar-refractivity contribution is 6.34. The number of halogens is 6. The van der Waals surface area contributed by atoms with Crippen LogP contribution in [0.5, 0.6) is 17.4 Å². The second-order valence-corrected chi connectivity index (χ2v) is 12.3. The van der Waals surface area contributed by atoms with Crippen LogP contribution in [0.3, 0.4) is 0 Å². The third-order valence-corrected chi connectivity index (χ3v) is 8.67. The van der Waals surface area contributed by atoms with Crippen molar-refractivity contribution in [1.29, 1.82) is 0 Å². The fraction of sp³-hybridized carbons (Fsp3) is 0.250. The smallest absolute Gasteiger partial charge is 0.416 e. The molecule has 51 heavy (non-hydrogen) atoms. The minimum atomic E-state index is -4.58. The predicted molar refractivity (Wildman–Crippen MR) is 181 cm³/mol. The van der Waals surface area contributed by atoms with Gasteiger partial charge in [-0.1, -0.05) is 23.7 Å². The van der Waals surface area contributed by atoms with E-state index in [0.29, 0.717) is 56.0 Å². The van der Waals surface area contributed by atoms with Crippen LogP contribution in [0, 0.1) is 0 Å². The summed E-state index contributed by atoms with van der Waals surface area (Å²) in [5.74, 6) is 0.292. The molecule has 0 saturated carbocycles. The van der Waals surface area contributed by atoms with E-state index in [1.807, 2.05) is 40.8 Å². The first-order valence-corrected chi connectivity index (χ1v) is 16.1. The van der Waals surface area contributed by atoms with Gasteiger partial charge in [0.25, 0.3) is 18.2 Å². The van der Waals surface area contributed by atoms with E-state index in [-0.39, 0.29) is 28.1 Å². The standard InChI is InChI=1S/C36H31ClF5N5O4/c1-45-30-18-27(51-33-11-6-25(19-43-33)44-34(48)28-10-5-24(17-29(28)37)36(40,41)42)9-4-23(30)16-31(45)35(49)47-14-12-46(13-15-47)20-22-2-7-26(8-3-22)50-21-32(38)39/h2-11,16-19,32H,12-15,20-21H2,1H3,(H,44,48). The van der Waals surface area contributed by atoms with Crippen molar-refractivity contribution in [2.45, 2.75) is 19.1 Å². The van der Waals surface area contributed by atoms with Gasteiger partial charge in [0.15, 0.2) is 0 Å². The molecule has 1 aliphatic rings. The third kappa shape index (κ3) is 8.58. The maximum atomic E-state index is 13.5. The summed E-state index contributed by atoms with van der Waals surface area (Å²) in [4.78, 5) is 34.4. The number of pyridine rings is 1. The van der Waals surface area contributed by atoms with Gasteiger partial charge in [0, 0.05) is 57.3 Å². The Morgan fingerprint density at radius 1 is 0.922 bits per heavy atom. The average molecular weight is 728 g/mol. The third-order valence-electron chi connectivity index (χ3n) is 8.36. The van der Waals surface area contributed by atoms with E-state index < -0.39 is 30.7 Å². The maximum Gasteiger partial charge on any atom is 0.416 e. The lowest BCUT2D eigenvalue weighted by Gasteiger charge is -2.34. The molecule has 1 saturated heterocycles. The van der Waals surface area contributed by atoms with Gasteiger partial charge < -0.3 is 24.3 Å². The van der Waals surface area contributed by atoms with E-state index in [0.717, 1.165) is 28.6 Å². The van der Waals surface area contributed by atoms with Crippen molar-refractivity contribution in [2.75, 3.05) is 38.1 Å². The monoisotopic (exact) mass is 727 g/mol.